The van der Waals surface area contributed by atoms with Gasteiger partial charge in [-0.2, -0.15) is 0 Å². The third-order valence-electron chi connectivity index (χ3n) is 10.9. The molecule has 3 N–H and O–H groups in total. The Hall–Kier alpha value is -1.73. The van der Waals surface area contributed by atoms with E-state index in [0.29, 0.717) is 32.1 Å². The first kappa shape index (κ1) is 23.0. The van der Waals surface area contributed by atoms with Crippen LogP contribution in [-0.2, 0) is 19.1 Å². The van der Waals surface area contributed by atoms with Crippen LogP contribution >= 0.6 is 0 Å². The van der Waals surface area contributed by atoms with Gasteiger partial charge in [-0.1, -0.05) is 26.3 Å². The van der Waals surface area contributed by atoms with Crippen LogP contribution in [-0.4, -0.2) is 50.3 Å². The van der Waals surface area contributed by atoms with Gasteiger partial charge in [-0.3, -0.25) is 14.4 Å². The van der Waals surface area contributed by atoms with Crippen molar-refractivity contribution in [2.75, 3.05) is 0 Å². The molecule has 9 atom stereocenters. The maximum atomic E-state index is 12.8. The quantitative estimate of drug-likeness (QED) is 0.536. The Bertz CT molecular complexity index is 972. The summed E-state index contributed by atoms with van der Waals surface area (Å²) in [5, 5.41) is 31.5. The number of ketones is 1. The predicted octanol–water partition coefficient (Wildman–Crippen LogP) is 3.58. The molecule has 0 aromatic heterocycles. The first-order valence-electron chi connectivity index (χ1n) is 12.4. The predicted molar refractivity (Wildman–Crippen MR) is 118 cm³/mol. The molecule has 1 saturated heterocycles. The number of carboxylic acids is 2. The molecule has 182 valence electrons. The maximum Gasteiger partial charge on any atom is 0.310 e. The Morgan fingerprint density at radius 1 is 1.18 bits per heavy atom. The number of aliphatic hydroxyl groups is 1. The fraction of sp³-hybridized carbons (Fsp3) is 0.808. The fourth-order valence-corrected chi connectivity index (χ4v) is 8.93. The second-order valence-corrected chi connectivity index (χ2v) is 12.2. The summed E-state index contributed by atoms with van der Waals surface area (Å²) in [6.45, 7) is 7.99. The number of carbonyl (C=O) groups is 3. The lowest BCUT2D eigenvalue weighted by atomic mass is 9.40. The van der Waals surface area contributed by atoms with Crippen molar-refractivity contribution in [3.8, 4) is 0 Å². The highest BCUT2D eigenvalue weighted by atomic mass is 16.6. The zero-order valence-electron chi connectivity index (χ0n) is 20.0. The van der Waals surface area contributed by atoms with E-state index in [1.54, 1.807) is 13.0 Å². The average Bonchev–Trinajstić information content (AvgIpc) is 3.39. The summed E-state index contributed by atoms with van der Waals surface area (Å²) < 4.78 is 6.59. The number of epoxide rings is 1. The van der Waals surface area contributed by atoms with E-state index < -0.39 is 39.4 Å². The summed E-state index contributed by atoms with van der Waals surface area (Å²) in [5.41, 5.74) is -3.04. The van der Waals surface area contributed by atoms with Crippen LogP contribution in [0.15, 0.2) is 11.6 Å². The topological polar surface area (TPSA) is 124 Å². The molecule has 3 saturated carbocycles. The Kier molecular flexibility index (Phi) is 4.67. The van der Waals surface area contributed by atoms with Gasteiger partial charge >= 0.3 is 11.9 Å². The van der Waals surface area contributed by atoms with Gasteiger partial charge in [0.1, 0.15) is 5.60 Å². The Morgan fingerprint density at radius 2 is 1.88 bits per heavy atom. The minimum Gasteiger partial charge on any atom is -0.481 e. The highest BCUT2D eigenvalue weighted by Crippen LogP contribution is 2.79. The molecule has 1 heterocycles. The zero-order chi connectivity index (χ0) is 24.2. The molecule has 0 bridgehead atoms. The molecule has 4 aliphatic carbocycles. The molecule has 1 aliphatic heterocycles. The van der Waals surface area contributed by atoms with Gasteiger partial charge in [0, 0.05) is 29.1 Å². The van der Waals surface area contributed by atoms with Gasteiger partial charge in [0.2, 0.25) is 0 Å². The highest BCUT2D eigenvalue weighted by molar-refractivity contribution is 5.94. The molecular formula is C26H36O7. The van der Waals surface area contributed by atoms with E-state index in [1.807, 2.05) is 13.8 Å². The van der Waals surface area contributed by atoms with Crippen LogP contribution in [0.2, 0.25) is 0 Å². The smallest absolute Gasteiger partial charge is 0.310 e. The summed E-state index contributed by atoms with van der Waals surface area (Å²) in [7, 11) is 0. The molecule has 4 fully saturated rings. The van der Waals surface area contributed by atoms with Crippen LogP contribution in [0.4, 0.5) is 0 Å². The summed E-state index contributed by atoms with van der Waals surface area (Å²) in [5.74, 6) is -2.22. The second kappa shape index (κ2) is 6.69. The van der Waals surface area contributed by atoms with Crippen LogP contribution in [0.25, 0.3) is 0 Å². The molecule has 0 amide bonds. The largest absolute Gasteiger partial charge is 0.481 e. The molecular weight excluding hydrogens is 424 g/mol. The van der Waals surface area contributed by atoms with Gasteiger partial charge in [-0.05, 0) is 63.9 Å². The van der Waals surface area contributed by atoms with Crippen molar-refractivity contribution < 1.29 is 34.4 Å². The van der Waals surface area contributed by atoms with Gasteiger partial charge < -0.3 is 20.1 Å². The van der Waals surface area contributed by atoms with Gasteiger partial charge in [-0.25, -0.2) is 0 Å². The van der Waals surface area contributed by atoms with E-state index in [4.69, 9.17) is 4.74 Å². The van der Waals surface area contributed by atoms with Crippen LogP contribution in [0.3, 0.4) is 0 Å². The average molecular weight is 461 g/mol. The SMILES string of the molecule is CCC1C[C@@]2(C)C(=CC1=O)CC(C)(C(=O)O)[C@H]1[C@@H]3CC[C@](O)(CCC(=O)O)[C@@]3(C)CC3OC312. The lowest BCUT2D eigenvalue weighted by molar-refractivity contribution is -0.177. The number of rotatable bonds is 5. The molecule has 0 aromatic carbocycles. The lowest BCUT2D eigenvalue weighted by Gasteiger charge is -2.62. The van der Waals surface area contributed by atoms with Crippen molar-refractivity contribution in [1.82, 2.24) is 0 Å². The number of carboxylic acid groups (broad SMARTS) is 2. The molecule has 33 heavy (non-hydrogen) atoms. The number of hydrogen-bond donors (Lipinski definition) is 3. The van der Waals surface area contributed by atoms with E-state index in [0.717, 1.165) is 12.0 Å². The Morgan fingerprint density at radius 3 is 2.48 bits per heavy atom. The lowest BCUT2D eigenvalue weighted by Crippen LogP contribution is -2.66. The van der Waals surface area contributed by atoms with Crippen LogP contribution in [0, 0.1) is 34.0 Å². The van der Waals surface area contributed by atoms with Gasteiger partial charge in [-0.15, -0.1) is 0 Å². The standard InChI is InChI=1S/C26H36O7/c1-5-14-11-23(3)15(10-17(14)27)12-22(2,21(30)31)20-16-6-8-25(32,9-7-19(28)29)24(16,4)13-18-26(20,23)33-18/h10,14,16,18,20,32H,5-9,11-13H2,1-4H3,(H,28,29)(H,30,31)/t14?,16-,18?,20+,22?,23-,24-,25-,26?/m0/s1. The summed E-state index contributed by atoms with van der Waals surface area (Å²) >= 11 is 0. The minimum atomic E-state index is -1.15. The van der Waals surface area contributed by atoms with Gasteiger partial charge in [0.15, 0.2) is 5.78 Å². The minimum absolute atomic E-state index is 0.0859. The molecule has 1 spiro atoms. The van der Waals surface area contributed by atoms with E-state index >= 15 is 0 Å². The molecule has 0 aromatic rings. The van der Waals surface area contributed by atoms with Crippen molar-refractivity contribution in [3.05, 3.63) is 11.6 Å². The van der Waals surface area contributed by atoms with E-state index in [2.05, 4.69) is 6.92 Å². The zero-order valence-corrected chi connectivity index (χ0v) is 20.0. The molecule has 5 rings (SSSR count). The molecule has 4 unspecified atom stereocenters. The van der Waals surface area contributed by atoms with Crippen molar-refractivity contribution >= 4 is 17.7 Å². The van der Waals surface area contributed by atoms with E-state index in [1.165, 1.54) is 0 Å². The summed E-state index contributed by atoms with van der Waals surface area (Å²) in [6.07, 6.45) is 5.03. The maximum absolute atomic E-state index is 12.8. The number of ether oxygens (including phenoxy) is 1. The van der Waals surface area contributed by atoms with Gasteiger partial charge in [0.05, 0.1) is 17.1 Å². The summed E-state index contributed by atoms with van der Waals surface area (Å²) in [6, 6.07) is 0. The number of aliphatic carboxylic acids is 2. The number of carbonyl (C=O) groups excluding carboxylic acids is 1. The first-order chi connectivity index (χ1) is 15.3. The fourth-order valence-electron chi connectivity index (χ4n) is 8.93. The molecule has 0 radical (unpaired) electrons. The monoisotopic (exact) mass is 460 g/mol. The Labute approximate surface area is 194 Å². The van der Waals surface area contributed by atoms with Crippen molar-refractivity contribution in [1.29, 1.82) is 0 Å². The highest BCUT2D eigenvalue weighted by Gasteiger charge is 2.84. The van der Waals surface area contributed by atoms with Crippen LogP contribution < -0.4 is 0 Å². The van der Waals surface area contributed by atoms with E-state index in [-0.39, 0.29) is 42.5 Å². The number of fused-ring (bicyclic) bond motifs is 3. The first-order valence-corrected chi connectivity index (χ1v) is 12.4. The summed E-state index contributed by atoms with van der Waals surface area (Å²) in [4.78, 5) is 36.9. The van der Waals surface area contributed by atoms with Crippen molar-refractivity contribution in [3.63, 3.8) is 0 Å². The Balaban J connectivity index is 1.63. The van der Waals surface area contributed by atoms with Crippen molar-refractivity contribution in [2.45, 2.75) is 96.4 Å². The van der Waals surface area contributed by atoms with Gasteiger partial charge in [0.25, 0.3) is 0 Å². The van der Waals surface area contributed by atoms with E-state index in [9.17, 15) is 29.7 Å². The molecule has 7 nitrogen and oxygen atoms in total. The third-order valence-corrected chi connectivity index (χ3v) is 10.9. The molecule has 7 heteroatoms. The second-order valence-electron chi connectivity index (χ2n) is 12.2. The van der Waals surface area contributed by atoms with Crippen molar-refractivity contribution in [2.24, 2.45) is 34.0 Å². The normalized spacial score (nSPS) is 52.2. The number of hydrogen-bond acceptors (Lipinski definition) is 5. The van der Waals surface area contributed by atoms with Crippen LogP contribution in [0.1, 0.15) is 79.1 Å². The van der Waals surface area contributed by atoms with Crippen LogP contribution in [0.5, 0.6) is 0 Å². The third kappa shape index (κ3) is 2.61. The molecule has 5 aliphatic rings.